The van der Waals surface area contributed by atoms with Crippen LogP contribution in [0.15, 0.2) is 36.4 Å². The van der Waals surface area contributed by atoms with E-state index < -0.39 is 6.10 Å². The van der Waals surface area contributed by atoms with E-state index >= 15 is 0 Å². The lowest BCUT2D eigenvalue weighted by Crippen LogP contribution is -2.41. The maximum absolute atomic E-state index is 12.1. The molecule has 0 saturated heterocycles. The first kappa shape index (κ1) is 15.2. The van der Waals surface area contributed by atoms with Gasteiger partial charge in [-0.15, -0.1) is 0 Å². The molecule has 4 heteroatoms. The average Bonchev–Trinajstić information content (AvgIpc) is 2.50. The summed E-state index contributed by atoms with van der Waals surface area (Å²) in [6, 6.07) is 11.5. The molecule has 2 aromatic rings. The molecular weight excluding hydrogens is 264 g/mol. The van der Waals surface area contributed by atoms with Gasteiger partial charge in [-0.05, 0) is 32.4 Å². The number of ether oxygens (including phenoxy) is 1. The van der Waals surface area contributed by atoms with Crippen molar-refractivity contribution in [2.45, 2.75) is 39.3 Å². The molecule has 0 aliphatic rings. The number of nitrogens with two attached hydrogens (primary N) is 1. The maximum atomic E-state index is 12.1. The van der Waals surface area contributed by atoms with Gasteiger partial charge < -0.3 is 15.8 Å². The second kappa shape index (κ2) is 6.48. The van der Waals surface area contributed by atoms with Gasteiger partial charge in [0.05, 0.1) is 0 Å². The molecule has 0 fully saturated rings. The van der Waals surface area contributed by atoms with Crippen LogP contribution in [0.25, 0.3) is 10.8 Å². The van der Waals surface area contributed by atoms with Crippen LogP contribution in [0.2, 0.25) is 0 Å². The lowest BCUT2D eigenvalue weighted by Gasteiger charge is -2.19. The summed E-state index contributed by atoms with van der Waals surface area (Å²) in [5.41, 5.74) is 6.67. The Balaban J connectivity index is 2.20. The van der Waals surface area contributed by atoms with Gasteiger partial charge in [0, 0.05) is 22.5 Å². The lowest BCUT2D eigenvalue weighted by molar-refractivity contribution is -0.127. The molecule has 112 valence electrons. The van der Waals surface area contributed by atoms with Crippen LogP contribution in [0.5, 0.6) is 5.75 Å². The number of carbonyl (C=O) groups excluding carboxylic acids is 1. The molecule has 1 amide bonds. The Morgan fingerprint density at radius 1 is 1.19 bits per heavy atom. The summed E-state index contributed by atoms with van der Waals surface area (Å²) in [5.74, 6) is 0.567. The first-order chi connectivity index (χ1) is 10.0. The summed E-state index contributed by atoms with van der Waals surface area (Å²) in [5, 5.41) is 4.77. The predicted octanol–water partition coefficient (Wildman–Crippen LogP) is 3.10. The molecule has 0 spiro atoms. The van der Waals surface area contributed by atoms with E-state index in [1.165, 1.54) is 0 Å². The Kier molecular flexibility index (Phi) is 4.68. The number of benzene rings is 2. The number of nitrogens with one attached hydrogen (secondary N) is 1. The largest absolute Gasteiger partial charge is 0.480 e. The first-order valence-electron chi connectivity index (χ1n) is 7.27. The quantitative estimate of drug-likeness (QED) is 0.830. The molecule has 4 nitrogen and oxygen atoms in total. The summed E-state index contributed by atoms with van der Waals surface area (Å²) in [6.45, 7) is 5.76. The van der Waals surface area contributed by atoms with Gasteiger partial charge in [-0.1, -0.05) is 31.2 Å². The van der Waals surface area contributed by atoms with Crippen molar-refractivity contribution in [2.24, 2.45) is 0 Å². The molecule has 0 saturated carbocycles. The third kappa shape index (κ3) is 3.45. The molecule has 21 heavy (non-hydrogen) atoms. The van der Waals surface area contributed by atoms with Crippen molar-refractivity contribution in [3.8, 4) is 5.75 Å². The molecule has 3 N–H and O–H groups in total. The smallest absolute Gasteiger partial charge is 0.260 e. The van der Waals surface area contributed by atoms with Crippen molar-refractivity contribution >= 4 is 22.4 Å². The van der Waals surface area contributed by atoms with Crippen molar-refractivity contribution in [1.29, 1.82) is 0 Å². The zero-order valence-electron chi connectivity index (χ0n) is 12.7. The van der Waals surface area contributed by atoms with Gasteiger partial charge in [0.1, 0.15) is 5.75 Å². The van der Waals surface area contributed by atoms with Crippen LogP contribution in [-0.4, -0.2) is 18.1 Å². The number of fused-ring (bicyclic) bond motifs is 1. The van der Waals surface area contributed by atoms with Crippen LogP contribution in [0, 0.1) is 0 Å². The molecule has 0 bridgehead atoms. The Morgan fingerprint density at radius 3 is 2.52 bits per heavy atom. The second-order valence-corrected chi connectivity index (χ2v) is 5.28. The van der Waals surface area contributed by atoms with Crippen LogP contribution < -0.4 is 15.8 Å². The van der Waals surface area contributed by atoms with Crippen molar-refractivity contribution in [3.05, 3.63) is 36.4 Å². The number of hydrogen-bond acceptors (Lipinski definition) is 3. The highest BCUT2D eigenvalue weighted by Gasteiger charge is 2.17. The monoisotopic (exact) mass is 286 g/mol. The molecule has 0 radical (unpaired) electrons. The highest BCUT2D eigenvalue weighted by molar-refractivity contribution is 5.97. The van der Waals surface area contributed by atoms with E-state index in [-0.39, 0.29) is 11.9 Å². The molecule has 0 aliphatic carbocycles. The van der Waals surface area contributed by atoms with Crippen molar-refractivity contribution in [3.63, 3.8) is 0 Å². The van der Waals surface area contributed by atoms with Crippen molar-refractivity contribution < 1.29 is 9.53 Å². The summed E-state index contributed by atoms with van der Waals surface area (Å²) in [6.07, 6.45) is 0.342. The Hall–Kier alpha value is -2.23. The Morgan fingerprint density at radius 2 is 1.86 bits per heavy atom. The average molecular weight is 286 g/mol. The summed E-state index contributed by atoms with van der Waals surface area (Å²) in [4.78, 5) is 12.1. The SMILES string of the molecule is CCC(C)NC(=O)C(C)Oc1ccc(N)c2ccccc12. The highest BCUT2D eigenvalue weighted by Crippen LogP contribution is 2.30. The van der Waals surface area contributed by atoms with Gasteiger partial charge in [-0.3, -0.25) is 4.79 Å². The molecule has 2 atom stereocenters. The van der Waals surface area contributed by atoms with Gasteiger partial charge >= 0.3 is 0 Å². The van der Waals surface area contributed by atoms with Crippen LogP contribution in [0.1, 0.15) is 27.2 Å². The van der Waals surface area contributed by atoms with Gasteiger partial charge in [0.25, 0.3) is 5.91 Å². The molecule has 2 rings (SSSR count). The third-order valence-corrected chi connectivity index (χ3v) is 3.59. The maximum Gasteiger partial charge on any atom is 0.260 e. The standard InChI is InChI=1S/C17H22N2O2/c1-4-11(2)19-17(20)12(3)21-16-10-9-15(18)13-7-5-6-8-14(13)16/h5-12H,4,18H2,1-3H3,(H,19,20). The minimum absolute atomic E-state index is 0.106. The topological polar surface area (TPSA) is 64.3 Å². The second-order valence-electron chi connectivity index (χ2n) is 5.28. The minimum atomic E-state index is -0.550. The van der Waals surface area contributed by atoms with E-state index in [2.05, 4.69) is 5.32 Å². The summed E-state index contributed by atoms with van der Waals surface area (Å²) >= 11 is 0. The number of hydrogen-bond donors (Lipinski definition) is 2. The summed E-state index contributed by atoms with van der Waals surface area (Å²) < 4.78 is 5.82. The van der Waals surface area contributed by atoms with Crippen LogP contribution in [-0.2, 0) is 4.79 Å². The fraction of sp³-hybridized carbons (Fsp3) is 0.353. The fourth-order valence-corrected chi connectivity index (χ4v) is 2.10. The molecule has 0 heterocycles. The summed E-state index contributed by atoms with van der Waals surface area (Å²) in [7, 11) is 0. The Bertz CT molecular complexity index is 640. The Labute approximate surface area is 125 Å². The molecule has 0 aliphatic heterocycles. The molecule has 0 aromatic heterocycles. The van der Waals surface area contributed by atoms with E-state index in [0.717, 1.165) is 17.2 Å². The number of carbonyl (C=O) groups is 1. The van der Waals surface area contributed by atoms with E-state index in [4.69, 9.17) is 10.5 Å². The fourth-order valence-electron chi connectivity index (χ4n) is 2.10. The number of anilines is 1. The van der Waals surface area contributed by atoms with Gasteiger partial charge in [-0.2, -0.15) is 0 Å². The molecule has 2 aromatic carbocycles. The van der Waals surface area contributed by atoms with Crippen LogP contribution in [0.3, 0.4) is 0 Å². The van der Waals surface area contributed by atoms with Crippen molar-refractivity contribution in [2.75, 3.05) is 5.73 Å². The third-order valence-electron chi connectivity index (χ3n) is 3.59. The van der Waals surface area contributed by atoms with Crippen LogP contribution in [0.4, 0.5) is 5.69 Å². The van der Waals surface area contributed by atoms with E-state index in [0.29, 0.717) is 11.4 Å². The first-order valence-corrected chi connectivity index (χ1v) is 7.27. The predicted molar refractivity (Wildman–Crippen MR) is 86.3 cm³/mol. The number of amides is 1. The normalized spacial score (nSPS) is 13.7. The molecular formula is C17H22N2O2. The van der Waals surface area contributed by atoms with E-state index in [9.17, 15) is 4.79 Å². The van der Waals surface area contributed by atoms with Gasteiger partial charge in [0.2, 0.25) is 0 Å². The van der Waals surface area contributed by atoms with E-state index in [1.807, 2.05) is 44.2 Å². The van der Waals surface area contributed by atoms with Gasteiger partial charge in [-0.25, -0.2) is 0 Å². The lowest BCUT2D eigenvalue weighted by atomic mass is 10.1. The number of nitrogen functional groups attached to an aromatic ring is 1. The zero-order chi connectivity index (χ0) is 15.4. The van der Waals surface area contributed by atoms with Crippen molar-refractivity contribution in [1.82, 2.24) is 5.32 Å². The van der Waals surface area contributed by atoms with Crippen LogP contribution >= 0.6 is 0 Å². The number of rotatable bonds is 5. The zero-order valence-corrected chi connectivity index (χ0v) is 12.7. The molecule has 2 unspecified atom stereocenters. The van der Waals surface area contributed by atoms with E-state index in [1.54, 1.807) is 13.0 Å². The highest BCUT2D eigenvalue weighted by atomic mass is 16.5. The minimum Gasteiger partial charge on any atom is -0.480 e. The van der Waals surface area contributed by atoms with Gasteiger partial charge in [0.15, 0.2) is 6.10 Å².